The first-order chi connectivity index (χ1) is 8.55. The second kappa shape index (κ2) is 6.93. The summed E-state index contributed by atoms with van der Waals surface area (Å²) in [5, 5.41) is 9.07. The minimum Gasteiger partial charge on any atom is -0.391 e. The van der Waals surface area contributed by atoms with Crippen molar-refractivity contribution in [1.82, 2.24) is 0 Å². The quantitative estimate of drug-likeness (QED) is 0.822. The number of benzene rings is 1. The molecule has 0 unspecified atom stereocenters. The Balaban J connectivity index is 0.00000361. The molecule has 116 valence electrons. The highest BCUT2D eigenvalue weighted by Crippen LogP contribution is 2.35. The van der Waals surface area contributed by atoms with Gasteiger partial charge in [0.05, 0.1) is 22.7 Å². The Morgan fingerprint density at radius 3 is 2.15 bits per heavy atom. The molecule has 1 aromatic rings. The largest absolute Gasteiger partial charge is 0.416 e. The Labute approximate surface area is 125 Å². The van der Waals surface area contributed by atoms with Crippen LogP contribution in [0.25, 0.3) is 0 Å². The van der Waals surface area contributed by atoms with Gasteiger partial charge < -0.3 is 10.8 Å². The summed E-state index contributed by atoms with van der Waals surface area (Å²) in [6.07, 6.45) is -5.83. The summed E-state index contributed by atoms with van der Waals surface area (Å²) >= 11 is 5.44. The fourth-order valence-electron chi connectivity index (χ4n) is 1.62. The van der Waals surface area contributed by atoms with Crippen molar-refractivity contribution in [3.8, 4) is 0 Å². The van der Waals surface area contributed by atoms with Crippen LogP contribution in [0.2, 0.25) is 5.02 Å². The molecule has 0 saturated carbocycles. The van der Waals surface area contributed by atoms with Crippen LogP contribution in [0.3, 0.4) is 0 Å². The van der Waals surface area contributed by atoms with E-state index in [-0.39, 0.29) is 18.3 Å². The van der Waals surface area contributed by atoms with E-state index < -0.39 is 40.3 Å². The third kappa shape index (κ3) is 4.22. The zero-order chi connectivity index (χ0) is 15.0. The third-order valence-electron chi connectivity index (χ3n) is 2.79. The van der Waals surface area contributed by atoms with E-state index in [1.165, 1.54) is 0 Å². The summed E-state index contributed by atoms with van der Waals surface area (Å²) in [7, 11) is 0. The minimum atomic E-state index is -4.66. The highest BCUT2D eigenvalue weighted by atomic mass is 35.5. The smallest absolute Gasteiger partial charge is 0.391 e. The standard InChI is InChI=1S/C12H14ClF4NO.ClH/c1-5(2)11(19)10(18)7-3-6(12(15,16)17)4-8(13)9(7)14;/h3-5,10-11,19H,18H2,1-2H3;1H/t10-,11+;/m0./s1. The summed E-state index contributed by atoms with van der Waals surface area (Å²) < 4.78 is 51.6. The van der Waals surface area contributed by atoms with Crippen LogP contribution in [0.4, 0.5) is 17.6 Å². The number of hydrogen-bond acceptors (Lipinski definition) is 2. The number of alkyl halides is 3. The zero-order valence-corrected chi connectivity index (χ0v) is 12.3. The van der Waals surface area contributed by atoms with Gasteiger partial charge in [0.2, 0.25) is 0 Å². The Bertz CT molecular complexity index is 466. The maximum absolute atomic E-state index is 13.8. The Hall–Kier alpha value is -0.560. The van der Waals surface area contributed by atoms with E-state index in [0.29, 0.717) is 12.1 Å². The fraction of sp³-hybridized carbons (Fsp3) is 0.500. The van der Waals surface area contributed by atoms with Gasteiger partial charge in [0, 0.05) is 5.56 Å². The van der Waals surface area contributed by atoms with Crippen LogP contribution in [-0.2, 0) is 6.18 Å². The Morgan fingerprint density at radius 2 is 1.75 bits per heavy atom. The van der Waals surface area contributed by atoms with Gasteiger partial charge in [-0.05, 0) is 18.1 Å². The van der Waals surface area contributed by atoms with Gasteiger partial charge in [0.25, 0.3) is 0 Å². The normalized spacial score (nSPS) is 14.9. The van der Waals surface area contributed by atoms with Crippen LogP contribution in [0, 0.1) is 11.7 Å². The average molecular weight is 336 g/mol. The van der Waals surface area contributed by atoms with Crippen LogP contribution >= 0.6 is 24.0 Å². The van der Waals surface area contributed by atoms with Crippen LogP contribution in [0.1, 0.15) is 31.0 Å². The second-order valence-corrected chi connectivity index (χ2v) is 5.03. The summed E-state index contributed by atoms with van der Waals surface area (Å²) in [6, 6.07) is -0.202. The molecular weight excluding hydrogens is 321 g/mol. The van der Waals surface area contributed by atoms with E-state index in [4.69, 9.17) is 17.3 Å². The van der Waals surface area contributed by atoms with Crippen molar-refractivity contribution in [2.24, 2.45) is 11.7 Å². The molecule has 20 heavy (non-hydrogen) atoms. The van der Waals surface area contributed by atoms with Crippen LogP contribution < -0.4 is 5.73 Å². The van der Waals surface area contributed by atoms with E-state index in [2.05, 4.69) is 0 Å². The lowest BCUT2D eigenvalue weighted by molar-refractivity contribution is -0.137. The van der Waals surface area contributed by atoms with Crippen molar-refractivity contribution in [3.63, 3.8) is 0 Å². The predicted octanol–water partition coefficient (Wildman–Crippen LogP) is 3.94. The number of aliphatic hydroxyl groups is 1. The number of rotatable bonds is 3. The fourth-order valence-corrected chi connectivity index (χ4v) is 1.84. The van der Waals surface area contributed by atoms with Crippen molar-refractivity contribution in [2.45, 2.75) is 32.2 Å². The molecule has 2 atom stereocenters. The molecule has 0 aliphatic rings. The number of hydrogen-bond donors (Lipinski definition) is 2. The molecule has 0 aliphatic heterocycles. The first kappa shape index (κ1) is 19.4. The molecule has 2 nitrogen and oxygen atoms in total. The maximum Gasteiger partial charge on any atom is 0.416 e. The van der Waals surface area contributed by atoms with Gasteiger partial charge in [0.15, 0.2) is 0 Å². The first-order valence-electron chi connectivity index (χ1n) is 5.55. The molecule has 0 radical (unpaired) electrons. The summed E-state index contributed by atoms with van der Waals surface area (Å²) in [5.41, 5.74) is 4.06. The third-order valence-corrected chi connectivity index (χ3v) is 3.07. The van der Waals surface area contributed by atoms with Gasteiger partial charge in [0.1, 0.15) is 5.82 Å². The first-order valence-corrected chi connectivity index (χ1v) is 5.93. The van der Waals surface area contributed by atoms with Crippen LogP contribution in [0.15, 0.2) is 12.1 Å². The van der Waals surface area contributed by atoms with Crippen LogP contribution in [0.5, 0.6) is 0 Å². The van der Waals surface area contributed by atoms with Crippen molar-refractivity contribution < 1.29 is 22.7 Å². The van der Waals surface area contributed by atoms with Gasteiger partial charge in [-0.1, -0.05) is 25.4 Å². The summed E-state index contributed by atoms with van der Waals surface area (Å²) in [4.78, 5) is 0. The number of halogens is 6. The van der Waals surface area contributed by atoms with E-state index in [0.717, 1.165) is 0 Å². The topological polar surface area (TPSA) is 46.2 Å². The average Bonchev–Trinajstić information content (AvgIpc) is 2.29. The maximum atomic E-state index is 13.8. The van der Waals surface area contributed by atoms with Crippen molar-refractivity contribution in [1.29, 1.82) is 0 Å². The molecular formula is C12H15Cl2F4NO. The Kier molecular flexibility index (Phi) is 6.74. The number of nitrogens with two attached hydrogens (primary N) is 1. The van der Waals surface area contributed by atoms with Gasteiger partial charge in [-0.3, -0.25) is 0 Å². The molecule has 0 heterocycles. The van der Waals surface area contributed by atoms with Crippen LogP contribution in [-0.4, -0.2) is 11.2 Å². The van der Waals surface area contributed by atoms with E-state index in [9.17, 15) is 22.7 Å². The lowest BCUT2D eigenvalue weighted by Crippen LogP contribution is -2.31. The molecule has 0 amide bonds. The predicted molar refractivity (Wildman–Crippen MR) is 71.4 cm³/mol. The summed E-state index contributed by atoms with van der Waals surface area (Å²) in [5.74, 6) is -1.37. The highest BCUT2D eigenvalue weighted by Gasteiger charge is 2.34. The number of aliphatic hydroxyl groups excluding tert-OH is 1. The van der Waals surface area contributed by atoms with E-state index in [1.54, 1.807) is 13.8 Å². The van der Waals surface area contributed by atoms with Gasteiger partial charge >= 0.3 is 6.18 Å². The molecule has 0 bridgehead atoms. The Morgan fingerprint density at radius 1 is 1.25 bits per heavy atom. The molecule has 0 spiro atoms. The van der Waals surface area contributed by atoms with E-state index >= 15 is 0 Å². The van der Waals surface area contributed by atoms with Crippen molar-refractivity contribution in [2.75, 3.05) is 0 Å². The van der Waals surface area contributed by atoms with Gasteiger partial charge in [-0.15, -0.1) is 12.4 Å². The van der Waals surface area contributed by atoms with E-state index in [1.807, 2.05) is 0 Å². The molecule has 0 saturated heterocycles. The van der Waals surface area contributed by atoms with Crippen molar-refractivity contribution in [3.05, 3.63) is 34.1 Å². The minimum absolute atomic E-state index is 0. The molecule has 0 aromatic heterocycles. The van der Waals surface area contributed by atoms with Crippen molar-refractivity contribution >= 4 is 24.0 Å². The lowest BCUT2D eigenvalue weighted by atomic mass is 9.93. The monoisotopic (exact) mass is 335 g/mol. The molecule has 3 N–H and O–H groups in total. The summed E-state index contributed by atoms with van der Waals surface area (Å²) in [6.45, 7) is 3.25. The molecule has 1 aromatic carbocycles. The second-order valence-electron chi connectivity index (χ2n) is 4.62. The van der Waals surface area contributed by atoms with Gasteiger partial charge in [-0.25, -0.2) is 4.39 Å². The molecule has 0 fully saturated rings. The molecule has 1 rings (SSSR count). The SMILES string of the molecule is CC(C)[C@@H](O)[C@@H](N)c1cc(C(F)(F)F)cc(Cl)c1F.Cl. The highest BCUT2D eigenvalue weighted by molar-refractivity contribution is 6.30. The molecule has 8 heteroatoms. The molecule has 0 aliphatic carbocycles. The lowest BCUT2D eigenvalue weighted by Gasteiger charge is -2.24. The zero-order valence-electron chi connectivity index (χ0n) is 10.7. The van der Waals surface area contributed by atoms with Gasteiger partial charge in [-0.2, -0.15) is 13.2 Å².